The van der Waals surface area contributed by atoms with Gasteiger partial charge < -0.3 is 20.3 Å². The largest absolute Gasteiger partial charge is 0.467 e. The van der Waals surface area contributed by atoms with Gasteiger partial charge in [0.1, 0.15) is 6.04 Å². The van der Waals surface area contributed by atoms with E-state index in [1.165, 1.54) is 19.5 Å². The number of rotatable bonds is 7. The molecule has 0 radical (unpaired) electrons. The molecule has 0 aliphatic carbocycles. The average Bonchev–Trinajstić information content (AvgIpc) is 3.37. The molecule has 1 aromatic heterocycles. The first kappa shape index (κ1) is 29.5. The lowest BCUT2D eigenvalue weighted by Gasteiger charge is -2.39. The number of esters is 1. The van der Waals surface area contributed by atoms with Gasteiger partial charge >= 0.3 is 5.97 Å². The van der Waals surface area contributed by atoms with E-state index in [-0.39, 0.29) is 40.0 Å². The molecule has 2 aliphatic heterocycles. The third-order valence-corrected chi connectivity index (χ3v) is 8.64. The average molecular weight is 636 g/mol. The number of carbonyl (C=O) groups is 3. The lowest BCUT2D eigenvalue weighted by molar-refractivity contribution is -0.142. The second-order valence-corrected chi connectivity index (χ2v) is 11.6. The van der Waals surface area contributed by atoms with Crippen molar-refractivity contribution in [3.8, 4) is 0 Å². The maximum Gasteiger partial charge on any atom is 0.328 e. The smallest absolute Gasteiger partial charge is 0.328 e. The molecule has 2 unspecified atom stereocenters. The van der Waals surface area contributed by atoms with Crippen LogP contribution in [0.5, 0.6) is 0 Å². The van der Waals surface area contributed by atoms with Gasteiger partial charge in [0, 0.05) is 53.1 Å². The first-order valence-corrected chi connectivity index (χ1v) is 14.5. The summed E-state index contributed by atoms with van der Waals surface area (Å²) in [5, 5.41) is 7.45. The van der Waals surface area contributed by atoms with Gasteiger partial charge in [0.15, 0.2) is 0 Å². The number of anilines is 1. The second kappa shape index (κ2) is 12.4. The Morgan fingerprint density at radius 2 is 1.80 bits per heavy atom. The molecule has 0 bridgehead atoms. The SMILES string of the molecule is COC(=O)[C@H](Cc1ccc2c(c1)C(N1CCCC1=O)CC(c1c(Cl)cccc1Cl)N2)NC(=O)c1c(Cl)cncc1Cl. The lowest BCUT2D eigenvalue weighted by atomic mass is 9.87. The number of hydrogen-bond donors (Lipinski definition) is 2. The van der Waals surface area contributed by atoms with Crippen molar-refractivity contribution < 1.29 is 19.1 Å². The predicted octanol–water partition coefficient (Wildman–Crippen LogP) is 6.43. The van der Waals surface area contributed by atoms with Gasteiger partial charge in [-0.2, -0.15) is 0 Å². The number of nitrogens with one attached hydrogen (secondary N) is 2. The predicted molar refractivity (Wildman–Crippen MR) is 159 cm³/mol. The van der Waals surface area contributed by atoms with Crippen molar-refractivity contribution >= 4 is 69.9 Å². The third kappa shape index (κ3) is 6.11. The molecule has 2 aromatic carbocycles. The molecular weight excluding hydrogens is 610 g/mol. The van der Waals surface area contributed by atoms with E-state index in [2.05, 4.69) is 15.6 Å². The number of nitrogens with zero attached hydrogens (tertiary/aromatic N) is 2. The molecule has 0 spiro atoms. The number of methoxy groups -OCH3 is 1. The highest BCUT2D eigenvalue weighted by molar-refractivity contribution is 6.39. The number of halogens is 4. The molecule has 3 heterocycles. The van der Waals surface area contributed by atoms with Crippen LogP contribution < -0.4 is 10.6 Å². The van der Waals surface area contributed by atoms with Crippen LogP contribution in [0.15, 0.2) is 48.8 Å². The Morgan fingerprint density at radius 1 is 1.10 bits per heavy atom. The van der Waals surface area contributed by atoms with Gasteiger partial charge in [-0.05, 0) is 42.2 Å². The molecule has 3 aromatic rings. The van der Waals surface area contributed by atoms with Crippen molar-refractivity contribution in [1.29, 1.82) is 0 Å². The van der Waals surface area contributed by atoms with Crippen LogP contribution in [-0.4, -0.2) is 47.4 Å². The van der Waals surface area contributed by atoms with E-state index in [0.29, 0.717) is 29.4 Å². The summed E-state index contributed by atoms with van der Waals surface area (Å²) in [6, 6.07) is 9.64. The molecule has 0 saturated carbocycles. The number of hydrogen-bond acceptors (Lipinski definition) is 6. The van der Waals surface area contributed by atoms with Crippen LogP contribution in [0.3, 0.4) is 0 Å². The highest BCUT2D eigenvalue weighted by atomic mass is 35.5. The molecule has 8 nitrogen and oxygen atoms in total. The zero-order valence-corrected chi connectivity index (χ0v) is 24.9. The number of benzene rings is 2. The normalized spacial score (nSPS) is 18.9. The third-order valence-electron chi connectivity index (χ3n) is 7.41. The van der Waals surface area contributed by atoms with Gasteiger partial charge in [0.05, 0.1) is 34.8 Å². The number of ether oxygens (including phenoxy) is 1. The van der Waals surface area contributed by atoms with Crippen molar-refractivity contribution in [3.05, 3.63) is 91.1 Å². The van der Waals surface area contributed by atoms with Crippen molar-refractivity contribution in [2.45, 2.75) is 43.8 Å². The molecule has 5 rings (SSSR count). The van der Waals surface area contributed by atoms with E-state index >= 15 is 0 Å². The lowest BCUT2D eigenvalue weighted by Crippen LogP contribution is -2.43. The Hall–Kier alpha value is -3.04. The summed E-state index contributed by atoms with van der Waals surface area (Å²) in [7, 11) is 1.25. The summed E-state index contributed by atoms with van der Waals surface area (Å²) < 4.78 is 4.97. The first-order valence-electron chi connectivity index (χ1n) is 13.0. The van der Waals surface area contributed by atoms with Gasteiger partial charge in [-0.1, -0.05) is 64.6 Å². The van der Waals surface area contributed by atoms with Crippen LogP contribution in [0, 0.1) is 0 Å². The molecular formula is C29H26Cl4N4O4. The molecule has 214 valence electrons. The summed E-state index contributed by atoms with van der Waals surface area (Å²) in [5.74, 6) is -1.17. The zero-order chi connectivity index (χ0) is 29.3. The topological polar surface area (TPSA) is 101 Å². The quantitative estimate of drug-likeness (QED) is 0.290. The highest BCUT2D eigenvalue weighted by Gasteiger charge is 2.37. The maximum absolute atomic E-state index is 13.0. The molecule has 1 saturated heterocycles. The van der Waals surface area contributed by atoms with Gasteiger partial charge in [-0.3, -0.25) is 14.6 Å². The minimum atomic E-state index is -1.02. The van der Waals surface area contributed by atoms with Gasteiger partial charge in [0.25, 0.3) is 5.91 Å². The summed E-state index contributed by atoms with van der Waals surface area (Å²) in [6.45, 7) is 0.643. The Balaban J connectivity index is 1.46. The summed E-state index contributed by atoms with van der Waals surface area (Å²) >= 11 is 25.4. The second-order valence-electron chi connectivity index (χ2n) is 9.93. The van der Waals surface area contributed by atoms with Crippen LogP contribution in [0.4, 0.5) is 5.69 Å². The molecule has 1 fully saturated rings. The number of pyridine rings is 1. The number of carbonyl (C=O) groups excluding carboxylic acids is 3. The fourth-order valence-electron chi connectivity index (χ4n) is 5.50. The minimum absolute atomic E-state index is 0.0174. The van der Waals surface area contributed by atoms with Gasteiger partial charge in [0.2, 0.25) is 5.91 Å². The maximum atomic E-state index is 13.0. The summed E-state index contributed by atoms with van der Waals surface area (Å²) in [5.41, 5.74) is 3.30. The molecule has 2 amide bonds. The van der Waals surface area contributed by atoms with Crippen molar-refractivity contribution in [2.75, 3.05) is 19.0 Å². The van der Waals surface area contributed by atoms with Crippen molar-refractivity contribution in [1.82, 2.24) is 15.2 Å². The molecule has 2 aliphatic rings. The Morgan fingerprint density at radius 3 is 2.44 bits per heavy atom. The number of amides is 2. The number of likely N-dealkylation sites (tertiary alicyclic amines) is 1. The van der Waals surface area contributed by atoms with Gasteiger partial charge in [-0.15, -0.1) is 0 Å². The first-order chi connectivity index (χ1) is 19.7. The Kier molecular flexibility index (Phi) is 8.94. The molecule has 2 N–H and O–H groups in total. The standard InChI is InChI=1S/C29H26Cl4N4O4/c1-41-29(40)23(36-28(39)27-19(32)13-34-14-20(27)33)11-15-7-8-21-16(10-15)24(37-9-3-6-25(37)38)12-22(35-21)26-17(30)4-2-5-18(26)31/h2,4-5,7-8,10,13-14,22-24,35H,3,6,9,11-12H2,1H3,(H,36,39)/t22?,23-,24?/m0/s1. The van der Waals surface area contributed by atoms with Crippen molar-refractivity contribution in [3.63, 3.8) is 0 Å². The Labute approximate surface area is 257 Å². The summed E-state index contributed by atoms with van der Waals surface area (Å²) in [4.78, 5) is 44.4. The van der Waals surface area contributed by atoms with Crippen LogP contribution in [0.1, 0.15) is 58.4 Å². The van der Waals surface area contributed by atoms with E-state index in [0.717, 1.165) is 28.8 Å². The summed E-state index contributed by atoms with van der Waals surface area (Å²) in [6.07, 6.45) is 4.57. The van der Waals surface area contributed by atoms with Gasteiger partial charge in [-0.25, -0.2) is 4.79 Å². The van der Waals surface area contributed by atoms with Crippen LogP contribution >= 0.6 is 46.4 Å². The van der Waals surface area contributed by atoms with E-state index in [1.54, 1.807) is 18.2 Å². The van der Waals surface area contributed by atoms with E-state index in [1.807, 2.05) is 23.1 Å². The monoisotopic (exact) mass is 634 g/mol. The number of fused-ring (bicyclic) bond motifs is 1. The van der Waals surface area contributed by atoms with E-state index < -0.39 is 17.9 Å². The zero-order valence-electron chi connectivity index (χ0n) is 21.9. The van der Waals surface area contributed by atoms with E-state index in [9.17, 15) is 14.4 Å². The van der Waals surface area contributed by atoms with Crippen LogP contribution in [0.25, 0.3) is 0 Å². The fourth-order valence-corrected chi connectivity index (χ4v) is 6.70. The number of aromatic nitrogens is 1. The fraction of sp³-hybridized carbons (Fsp3) is 0.310. The molecule has 3 atom stereocenters. The Bertz CT molecular complexity index is 1480. The van der Waals surface area contributed by atoms with Crippen LogP contribution in [-0.2, 0) is 20.7 Å². The molecule has 12 heteroatoms. The minimum Gasteiger partial charge on any atom is -0.467 e. The van der Waals surface area contributed by atoms with Crippen molar-refractivity contribution in [2.24, 2.45) is 0 Å². The highest BCUT2D eigenvalue weighted by Crippen LogP contribution is 2.46. The van der Waals surface area contributed by atoms with E-state index in [4.69, 9.17) is 51.1 Å². The van der Waals surface area contributed by atoms with Crippen LogP contribution in [0.2, 0.25) is 20.1 Å². The molecule has 41 heavy (non-hydrogen) atoms.